The Hall–Kier alpha value is -3.16. The van der Waals surface area contributed by atoms with E-state index in [2.05, 4.69) is 26.8 Å². The summed E-state index contributed by atoms with van der Waals surface area (Å²) in [5, 5.41) is 15.2. The number of hydrogen-bond acceptors (Lipinski definition) is 5. The topological polar surface area (TPSA) is 86.9 Å². The molecular formula is C17H18N6O2. The monoisotopic (exact) mass is 338 g/mol. The Labute approximate surface area is 144 Å². The van der Waals surface area contributed by atoms with Crippen molar-refractivity contribution in [1.82, 2.24) is 30.1 Å². The van der Waals surface area contributed by atoms with Gasteiger partial charge in [0.05, 0.1) is 12.3 Å². The molecule has 3 heterocycles. The van der Waals surface area contributed by atoms with Gasteiger partial charge in [0, 0.05) is 37.8 Å². The highest BCUT2D eigenvalue weighted by molar-refractivity contribution is 5.93. The zero-order valence-corrected chi connectivity index (χ0v) is 14.1. The lowest BCUT2D eigenvalue weighted by Crippen LogP contribution is -2.24. The van der Waals surface area contributed by atoms with E-state index in [0.717, 1.165) is 17.7 Å². The fraction of sp³-hybridized carbons (Fsp3) is 0.294. The predicted molar refractivity (Wildman–Crippen MR) is 89.7 cm³/mol. The van der Waals surface area contributed by atoms with Gasteiger partial charge in [0.1, 0.15) is 5.75 Å². The standard InChI is InChI=1S/C17H18N6O2/c1-11-15(19-21-23(11)14-6-8-22(2)20-14)17(24)18-10-13-5-3-4-12-7-9-25-16(12)13/h3-6,8H,7,9-10H2,1-2H3,(H,18,24). The number of rotatable bonds is 4. The predicted octanol–water partition coefficient (Wildman–Crippen LogP) is 1.17. The normalized spacial score (nSPS) is 12.7. The average Bonchev–Trinajstić information content (AvgIpc) is 3.32. The lowest BCUT2D eigenvalue weighted by atomic mass is 10.1. The van der Waals surface area contributed by atoms with Crippen molar-refractivity contribution in [2.45, 2.75) is 19.9 Å². The largest absolute Gasteiger partial charge is 0.493 e. The molecule has 128 valence electrons. The summed E-state index contributed by atoms with van der Waals surface area (Å²) >= 11 is 0. The van der Waals surface area contributed by atoms with E-state index in [1.165, 1.54) is 5.56 Å². The molecule has 1 aromatic carbocycles. The molecule has 3 aromatic rings. The van der Waals surface area contributed by atoms with E-state index in [0.29, 0.717) is 30.4 Å². The summed E-state index contributed by atoms with van der Waals surface area (Å²) in [5.41, 5.74) is 3.09. The van der Waals surface area contributed by atoms with Gasteiger partial charge in [-0.05, 0) is 12.5 Å². The van der Waals surface area contributed by atoms with Crippen LogP contribution in [0.4, 0.5) is 0 Å². The van der Waals surface area contributed by atoms with Crippen LogP contribution in [-0.4, -0.2) is 37.3 Å². The summed E-state index contributed by atoms with van der Waals surface area (Å²) in [5.74, 6) is 1.24. The Morgan fingerprint density at radius 3 is 3.04 bits per heavy atom. The van der Waals surface area contributed by atoms with E-state index in [9.17, 15) is 4.79 Å². The molecule has 4 rings (SSSR count). The molecule has 1 aliphatic rings. The van der Waals surface area contributed by atoms with Crippen LogP contribution in [0.1, 0.15) is 27.3 Å². The number of fused-ring (bicyclic) bond motifs is 1. The number of carbonyl (C=O) groups excluding carboxylic acids is 1. The maximum Gasteiger partial charge on any atom is 0.274 e. The third-order valence-corrected chi connectivity index (χ3v) is 4.26. The van der Waals surface area contributed by atoms with Crippen LogP contribution in [-0.2, 0) is 20.0 Å². The first kappa shape index (κ1) is 15.4. The minimum Gasteiger partial charge on any atom is -0.493 e. The molecule has 1 aliphatic heterocycles. The number of hydrogen-bond donors (Lipinski definition) is 1. The quantitative estimate of drug-likeness (QED) is 0.772. The number of carbonyl (C=O) groups is 1. The number of amides is 1. The van der Waals surface area contributed by atoms with Gasteiger partial charge in [-0.15, -0.1) is 5.10 Å². The van der Waals surface area contributed by atoms with Crippen molar-refractivity contribution in [3.8, 4) is 11.6 Å². The van der Waals surface area contributed by atoms with Crippen molar-refractivity contribution in [1.29, 1.82) is 0 Å². The fourth-order valence-corrected chi connectivity index (χ4v) is 2.95. The van der Waals surface area contributed by atoms with E-state index < -0.39 is 0 Å². The molecule has 25 heavy (non-hydrogen) atoms. The Bertz CT molecular complexity index is 943. The number of ether oxygens (including phenoxy) is 1. The third kappa shape index (κ3) is 2.75. The van der Waals surface area contributed by atoms with Crippen LogP contribution in [0.5, 0.6) is 5.75 Å². The third-order valence-electron chi connectivity index (χ3n) is 4.26. The Kier molecular flexibility index (Phi) is 3.72. The van der Waals surface area contributed by atoms with E-state index >= 15 is 0 Å². The van der Waals surface area contributed by atoms with Gasteiger partial charge in [-0.3, -0.25) is 9.48 Å². The highest BCUT2D eigenvalue weighted by Gasteiger charge is 2.20. The van der Waals surface area contributed by atoms with Crippen LogP contribution in [0.15, 0.2) is 30.5 Å². The molecule has 8 heteroatoms. The van der Waals surface area contributed by atoms with E-state index in [1.807, 2.05) is 31.4 Å². The molecule has 2 aromatic heterocycles. The van der Waals surface area contributed by atoms with Crippen molar-refractivity contribution in [3.05, 3.63) is 53.0 Å². The van der Waals surface area contributed by atoms with Crippen molar-refractivity contribution in [2.75, 3.05) is 6.61 Å². The lowest BCUT2D eigenvalue weighted by molar-refractivity contribution is 0.0945. The second kappa shape index (κ2) is 6.04. The van der Waals surface area contributed by atoms with Crippen LogP contribution < -0.4 is 10.1 Å². The first-order chi connectivity index (χ1) is 12.1. The SMILES string of the molecule is Cc1c(C(=O)NCc2cccc3c2OCC3)nnn1-c1ccn(C)n1. The van der Waals surface area contributed by atoms with Gasteiger partial charge in [-0.2, -0.15) is 9.78 Å². The van der Waals surface area contributed by atoms with Crippen LogP contribution in [0.3, 0.4) is 0 Å². The van der Waals surface area contributed by atoms with Crippen LogP contribution in [0.2, 0.25) is 0 Å². The molecule has 0 fully saturated rings. The van der Waals surface area contributed by atoms with Crippen LogP contribution in [0.25, 0.3) is 5.82 Å². The highest BCUT2D eigenvalue weighted by Crippen LogP contribution is 2.29. The molecule has 1 amide bonds. The minimum atomic E-state index is -0.268. The van der Waals surface area contributed by atoms with Gasteiger partial charge < -0.3 is 10.1 Å². The summed E-state index contributed by atoms with van der Waals surface area (Å²) < 4.78 is 8.89. The van der Waals surface area contributed by atoms with Gasteiger partial charge in [0.2, 0.25) is 0 Å². The average molecular weight is 338 g/mol. The Balaban J connectivity index is 1.51. The smallest absolute Gasteiger partial charge is 0.274 e. The zero-order valence-electron chi connectivity index (χ0n) is 14.1. The Morgan fingerprint density at radius 1 is 1.36 bits per heavy atom. The van der Waals surface area contributed by atoms with E-state index in [4.69, 9.17) is 4.74 Å². The van der Waals surface area contributed by atoms with Crippen molar-refractivity contribution >= 4 is 5.91 Å². The van der Waals surface area contributed by atoms with Gasteiger partial charge >= 0.3 is 0 Å². The van der Waals surface area contributed by atoms with Gasteiger partial charge in [-0.25, -0.2) is 0 Å². The molecule has 0 atom stereocenters. The molecule has 8 nitrogen and oxygen atoms in total. The molecule has 0 spiro atoms. The van der Waals surface area contributed by atoms with Crippen molar-refractivity contribution < 1.29 is 9.53 Å². The van der Waals surface area contributed by atoms with Crippen LogP contribution >= 0.6 is 0 Å². The summed E-state index contributed by atoms with van der Waals surface area (Å²) in [6, 6.07) is 7.81. The Morgan fingerprint density at radius 2 is 2.24 bits per heavy atom. The maximum absolute atomic E-state index is 12.5. The fourth-order valence-electron chi connectivity index (χ4n) is 2.95. The number of benzene rings is 1. The van der Waals surface area contributed by atoms with Gasteiger partial charge in [0.25, 0.3) is 5.91 Å². The molecule has 0 saturated heterocycles. The van der Waals surface area contributed by atoms with E-state index in [1.54, 1.807) is 16.3 Å². The zero-order chi connectivity index (χ0) is 17.4. The minimum absolute atomic E-state index is 0.268. The van der Waals surface area contributed by atoms with Gasteiger partial charge in [-0.1, -0.05) is 23.4 Å². The van der Waals surface area contributed by atoms with Crippen molar-refractivity contribution in [2.24, 2.45) is 7.05 Å². The van der Waals surface area contributed by atoms with Crippen molar-refractivity contribution in [3.63, 3.8) is 0 Å². The summed E-state index contributed by atoms with van der Waals surface area (Å²) in [6.45, 7) is 2.88. The highest BCUT2D eigenvalue weighted by atomic mass is 16.5. The first-order valence-corrected chi connectivity index (χ1v) is 8.07. The number of aromatic nitrogens is 5. The number of nitrogens with zero attached hydrogens (tertiary/aromatic N) is 5. The lowest BCUT2D eigenvalue weighted by Gasteiger charge is -2.09. The number of aryl methyl sites for hydroxylation is 1. The molecule has 0 radical (unpaired) electrons. The summed E-state index contributed by atoms with van der Waals surface area (Å²) in [6.07, 6.45) is 2.72. The molecule has 0 bridgehead atoms. The molecular weight excluding hydrogens is 320 g/mol. The molecule has 0 saturated carbocycles. The van der Waals surface area contributed by atoms with Gasteiger partial charge in [0.15, 0.2) is 11.5 Å². The number of para-hydroxylation sites is 1. The maximum atomic E-state index is 12.5. The molecule has 1 N–H and O–H groups in total. The molecule has 0 unspecified atom stereocenters. The molecule has 0 aliphatic carbocycles. The summed E-state index contributed by atoms with van der Waals surface area (Å²) in [7, 11) is 1.82. The second-order valence-electron chi connectivity index (χ2n) is 5.97. The second-order valence-corrected chi connectivity index (χ2v) is 5.97. The number of nitrogens with one attached hydrogen (secondary N) is 1. The summed E-state index contributed by atoms with van der Waals surface area (Å²) in [4.78, 5) is 12.5. The first-order valence-electron chi connectivity index (χ1n) is 8.07. The van der Waals surface area contributed by atoms with E-state index in [-0.39, 0.29) is 5.91 Å². The van der Waals surface area contributed by atoms with Crippen LogP contribution in [0, 0.1) is 6.92 Å².